The second kappa shape index (κ2) is 11.9. The molecule has 0 radical (unpaired) electrons. The molecule has 0 saturated carbocycles. The average molecular weight is 496 g/mol. The van der Waals surface area contributed by atoms with Gasteiger partial charge in [-0.05, 0) is 80.9 Å². The Bertz CT molecular complexity index is 1470. The largest absolute Gasteiger partial charge is 0.497 e. The van der Waals surface area contributed by atoms with Gasteiger partial charge in [-0.3, -0.25) is 4.98 Å². The molecule has 0 amide bonds. The molecule has 0 atom stereocenters. The van der Waals surface area contributed by atoms with Crippen molar-refractivity contribution in [1.82, 2.24) is 4.98 Å². The van der Waals surface area contributed by atoms with Gasteiger partial charge in [0.2, 0.25) is 0 Å². The van der Waals surface area contributed by atoms with E-state index in [1.54, 1.807) is 26.6 Å². The van der Waals surface area contributed by atoms with Gasteiger partial charge in [0.1, 0.15) is 11.5 Å². The van der Waals surface area contributed by atoms with Crippen LogP contribution in [-0.2, 0) is 0 Å². The summed E-state index contributed by atoms with van der Waals surface area (Å²) in [5, 5.41) is 0. The Morgan fingerprint density at radius 3 is 1.32 bits per heavy atom. The number of pyridine rings is 1. The van der Waals surface area contributed by atoms with Crippen LogP contribution in [0.4, 0.5) is 0 Å². The summed E-state index contributed by atoms with van der Waals surface area (Å²) in [4.78, 5) is 4.09. The lowest BCUT2D eigenvalue weighted by atomic mass is 9.85. The fourth-order valence-corrected chi connectivity index (χ4v) is 4.46. The van der Waals surface area contributed by atoms with E-state index >= 15 is 0 Å². The molecule has 38 heavy (non-hydrogen) atoms. The number of nitrogens with zero attached hydrogens (tertiary/aromatic N) is 1. The van der Waals surface area contributed by atoms with Gasteiger partial charge in [0.25, 0.3) is 0 Å². The number of hydrogen-bond donors (Lipinski definition) is 0. The van der Waals surface area contributed by atoms with Gasteiger partial charge < -0.3 is 9.47 Å². The first-order valence-electron chi connectivity index (χ1n) is 12.5. The van der Waals surface area contributed by atoms with Gasteiger partial charge in [0.05, 0.1) is 14.2 Å². The second-order valence-corrected chi connectivity index (χ2v) is 8.81. The molecule has 5 rings (SSSR count). The van der Waals surface area contributed by atoms with Gasteiger partial charge in [0, 0.05) is 12.4 Å². The molecule has 0 bridgehead atoms. The van der Waals surface area contributed by atoms with Crippen molar-refractivity contribution >= 4 is 23.3 Å². The quantitative estimate of drug-likeness (QED) is 0.203. The molecule has 0 aliphatic carbocycles. The van der Waals surface area contributed by atoms with Crippen LogP contribution in [0.15, 0.2) is 128 Å². The lowest BCUT2D eigenvalue weighted by molar-refractivity contribution is 0.414. The molecule has 0 spiro atoms. The van der Waals surface area contributed by atoms with Crippen molar-refractivity contribution in [3.8, 4) is 11.5 Å². The van der Waals surface area contributed by atoms with Crippen molar-refractivity contribution in [2.24, 2.45) is 0 Å². The highest BCUT2D eigenvalue weighted by atomic mass is 16.5. The van der Waals surface area contributed by atoms with Crippen LogP contribution in [0.3, 0.4) is 0 Å². The zero-order valence-corrected chi connectivity index (χ0v) is 21.5. The minimum absolute atomic E-state index is 0.828. The van der Waals surface area contributed by atoms with Crippen LogP contribution in [0.1, 0.15) is 33.4 Å². The van der Waals surface area contributed by atoms with Gasteiger partial charge in [-0.1, -0.05) is 91.0 Å². The first-order valence-corrected chi connectivity index (χ1v) is 12.5. The molecule has 1 heterocycles. The van der Waals surface area contributed by atoms with Gasteiger partial charge in [-0.2, -0.15) is 0 Å². The molecule has 3 nitrogen and oxygen atoms in total. The zero-order chi connectivity index (χ0) is 26.2. The summed E-state index contributed by atoms with van der Waals surface area (Å²) in [6.07, 6.45) is 7.84. The molecule has 0 aliphatic heterocycles. The number of rotatable bonds is 8. The van der Waals surface area contributed by atoms with Crippen molar-refractivity contribution in [2.75, 3.05) is 14.2 Å². The molecule has 4 aromatic carbocycles. The van der Waals surface area contributed by atoms with Crippen LogP contribution in [0.25, 0.3) is 23.3 Å². The predicted octanol–water partition coefficient (Wildman–Crippen LogP) is 8.28. The van der Waals surface area contributed by atoms with E-state index in [0.717, 1.165) is 56.0 Å². The van der Waals surface area contributed by atoms with E-state index in [1.165, 1.54) is 0 Å². The molecule has 0 unspecified atom stereocenters. The normalized spacial score (nSPS) is 10.8. The highest BCUT2D eigenvalue weighted by Gasteiger charge is 2.16. The highest BCUT2D eigenvalue weighted by Crippen LogP contribution is 2.38. The number of aromatic nitrogens is 1. The molecule has 0 N–H and O–H groups in total. The van der Waals surface area contributed by atoms with E-state index in [2.05, 4.69) is 96.0 Å². The monoisotopic (exact) mass is 495 g/mol. The lowest BCUT2D eigenvalue weighted by Gasteiger charge is -2.19. The van der Waals surface area contributed by atoms with Gasteiger partial charge in [0.15, 0.2) is 0 Å². The Balaban J connectivity index is 1.67. The third kappa shape index (κ3) is 5.74. The highest BCUT2D eigenvalue weighted by molar-refractivity contribution is 6.04. The third-order valence-electron chi connectivity index (χ3n) is 6.44. The van der Waals surface area contributed by atoms with E-state index < -0.39 is 0 Å². The molecule has 0 fully saturated rings. The van der Waals surface area contributed by atoms with Crippen molar-refractivity contribution < 1.29 is 9.47 Å². The van der Waals surface area contributed by atoms with E-state index in [1.807, 2.05) is 36.4 Å². The smallest absolute Gasteiger partial charge is 0.118 e. The average Bonchev–Trinajstić information content (AvgIpc) is 3.00. The fraction of sp³-hybridized carbons (Fsp3) is 0.0571. The molecule has 186 valence electrons. The molecule has 3 heteroatoms. The van der Waals surface area contributed by atoms with Gasteiger partial charge >= 0.3 is 0 Å². The minimum atomic E-state index is 0.828. The van der Waals surface area contributed by atoms with E-state index in [0.29, 0.717) is 0 Å². The number of methoxy groups -OCH3 is 2. The Labute approximate surface area is 224 Å². The van der Waals surface area contributed by atoms with Crippen LogP contribution in [0.2, 0.25) is 0 Å². The summed E-state index contributed by atoms with van der Waals surface area (Å²) in [7, 11) is 3.38. The summed E-state index contributed by atoms with van der Waals surface area (Å²) in [6.45, 7) is 0. The Morgan fingerprint density at radius 1 is 0.474 bits per heavy atom. The number of hydrogen-bond acceptors (Lipinski definition) is 3. The first kappa shape index (κ1) is 24.8. The maximum absolute atomic E-state index is 5.44. The van der Waals surface area contributed by atoms with Crippen molar-refractivity contribution in [3.05, 3.63) is 161 Å². The third-order valence-corrected chi connectivity index (χ3v) is 6.44. The number of benzene rings is 4. The Morgan fingerprint density at radius 2 is 0.868 bits per heavy atom. The topological polar surface area (TPSA) is 31.4 Å². The lowest BCUT2D eigenvalue weighted by Crippen LogP contribution is -1.98. The van der Waals surface area contributed by atoms with Crippen molar-refractivity contribution in [2.45, 2.75) is 0 Å². The maximum atomic E-state index is 5.44. The van der Waals surface area contributed by atoms with E-state index in [9.17, 15) is 0 Å². The van der Waals surface area contributed by atoms with Crippen LogP contribution in [0, 0.1) is 0 Å². The van der Waals surface area contributed by atoms with Gasteiger partial charge in [-0.15, -0.1) is 0 Å². The molecule has 5 aromatic rings. The SMILES string of the molecule is COc1ccc(C(=C(c2ccccc2)c2ccc(C=Cc3ccncc3)cc2)c2ccc(OC)cc2)cc1. The Hall–Kier alpha value is -4.89. The summed E-state index contributed by atoms with van der Waals surface area (Å²) >= 11 is 0. The summed E-state index contributed by atoms with van der Waals surface area (Å²) < 4.78 is 10.9. The molecular formula is C35H29NO2. The maximum Gasteiger partial charge on any atom is 0.118 e. The summed E-state index contributed by atoms with van der Waals surface area (Å²) in [6, 6.07) is 39.8. The molecular weight excluding hydrogens is 466 g/mol. The first-order chi connectivity index (χ1) is 18.7. The standard InChI is InChI=1S/C35H29NO2/c1-37-32-18-14-30(15-19-32)35(31-16-20-33(38-2)21-17-31)34(28-6-4-3-5-7-28)29-12-10-26(11-13-29)8-9-27-22-24-36-25-23-27/h3-25H,1-2H3. The second-order valence-electron chi connectivity index (χ2n) is 8.81. The van der Waals surface area contributed by atoms with Crippen LogP contribution in [-0.4, -0.2) is 19.2 Å². The Kier molecular flexibility index (Phi) is 7.76. The molecule has 1 aromatic heterocycles. The van der Waals surface area contributed by atoms with Crippen molar-refractivity contribution in [1.29, 1.82) is 0 Å². The summed E-state index contributed by atoms with van der Waals surface area (Å²) in [5.41, 5.74) is 9.05. The van der Waals surface area contributed by atoms with Crippen LogP contribution >= 0.6 is 0 Å². The fourth-order valence-electron chi connectivity index (χ4n) is 4.46. The van der Waals surface area contributed by atoms with Gasteiger partial charge in [-0.25, -0.2) is 0 Å². The summed E-state index contributed by atoms with van der Waals surface area (Å²) in [5.74, 6) is 1.66. The predicted molar refractivity (Wildman–Crippen MR) is 157 cm³/mol. The molecule has 0 aliphatic rings. The van der Waals surface area contributed by atoms with Crippen LogP contribution < -0.4 is 9.47 Å². The molecule has 0 saturated heterocycles. The number of ether oxygens (including phenoxy) is 2. The van der Waals surface area contributed by atoms with E-state index in [-0.39, 0.29) is 0 Å². The van der Waals surface area contributed by atoms with Crippen LogP contribution in [0.5, 0.6) is 11.5 Å². The van der Waals surface area contributed by atoms with E-state index in [4.69, 9.17) is 9.47 Å². The minimum Gasteiger partial charge on any atom is -0.497 e. The zero-order valence-electron chi connectivity index (χ0n) is 21.5. The van der Waals surface area contributed by atoms with Crippen molar-refractivity contribution in [3.63, 3.8) is 0 Å².